The first kappa shape index (κ1) is 30.6. The molecule has 1 atom stereocenters. The first-order valence-corrected chi connectivity index (χ1v) is 14.1. The van der Waals surface area contributed by atoms with Gasteiger partial charge in [-0.2, -0.15) is 0 Å². The molecule has 0 aromatic heterocycles. The minimum Gasteiger partial charge on any atom is -0.496 e. The lowest BCUT2D eigenvalue weighted by molar-refractivity contribution is -0.115. The highest BCUT2D eigenvalue weighted by molar-refractivity contribution is 8.00. The van der Waals surface area contributed by atoms with Crippen molar-refractivity contribution in [3.8, 4) is 5.75 Å². The number of nitrogens with two attached hydrogens (primary N) is 1. The monoisotopic (exact) mass is 594 g/mol. The minimum atomic E-state index is -0.540. The maximum atomic E-state index is 13.3. The summed E-state index contributed by atoms with van der Waals surface area (Å²) < 4.78 is 5.41. The number of hydrogen-bond acceptors (Lipinski definition) is 6. The van der Waals surface area contributed by atoms with Gasteiger partial charge >= 0.3 is 0 Å². The Kier molecular flexibility index (Phi) is 10.3. The molecule has 0 aliphatic heterocycles. The van der Waals surface area contributed by atoms with E-state index in [0.717, 1.165) is 4.90 Å². The largest absolute Gasteiger partial charge is 0.496 e. The lowest BCUT2D eigenvalue weighted by Gasteiger charge is -2.14. The molecule has 4 aromatic carbocycles. The Hall–Kier alpha value is -5.35. The van der Waals surface area contributed by atoms with Crippen LogP contribution in [0.4, 0.5) is 11.4 Å². The van der Waals surface area contributed by atoms with Gasteiger partial charge in [0.05, 0.1) is 12.4 Å². The van der Waals surface area contributed by atoms with Crippen molar-refractivity contribution < 1.29 is 23.9 Å². The summed E-state index contributed by atoms with van der Waals surface area (Å²) in [5.74, 6) is -1.16. The van der Waals surface area contributed by atoms with Crippen molar-refractivity contribution >= 4 is 52.8 Å². The van der Waals surface area contributed by atoms with Crippen LogP contribution in [0.3, 0.4) is 0 Å². The lowest BCUT2D eigenvalue weighted by atomic mass is 10.1. The molecule has 0 saturated heterocycles. The van der Waals surface area contributed by atoms with E-state index >= 15 is 0 Å². The van der Waals surface area contributed by atoms with Crippen molar-refractivity contribution in [2.75, 3.05) is 17.7 Å². The molecule has 0 radical (unpaired) electrons. The van der Waals surface area contributed by atoms with Crippen LogP contribution in [0.5, 0.6) is 5.75 Å². The number of ether oxygens (including phenoxy) is 1. The zero-order valence-electron chi connectivity index (χ0n) is 23.5. The van der Waals surface area contributed by atoms with Crippen LogP contribution in [0.1, 0.15) is 33.2 Å². The van der Waals surface area contributed by atoms with Crippen molar-refractivity contribution in [3.63, 3.8) is 0 Å². The van der Waals surface area contributed by atoms with E-state index in [-0.39, 0.29) is 11.6 Å². The van der Waals surface area contributed by atoms with E-state index in [1.54, 1.807) is 110 Å². The summed E-state index contributed by atoms with van der Waals surface area (Å²) in [6, 6.07) is 29.1. The fraction of sp³-hybridized carbons (Fsp3) is 0.0909. The van der Waals surface area contributed by atoms with Crippen LogP contribution in [0.25, 0.3) is 6.08 Å². The van der Waals surface area contributed by atoms with Crippen molar-refractivity contribution in [2.45, 2.75) is 17.1 Å². The van der Waals surface area contributed by atoms with Gasteiger partial charge in [-0.1, -0.05) is 36.4 Å². The van der Waals surface area contributed by atoms with Gasteiger partial charge < -0.3 is 26.4 Å². The molecule has 43 heavy (non-hydrogen) atoms. The van der Waals surface area contributed by atoms with Gasteiger partial charge in [0.15, 0.2) is 0 Å². The second-order valence-corrected chi connectivity index (χ2v) is 10.7. The number of methoxy groups -OCH3 is 1. The number of hydrogen-bond donors (Lipinski definition) is 4. The Balaban J connectivity index is 1.43. The normalized spacial score (nSPS) is 11.6. The van der Waals surface area contributed by atoms with Crippen LogP contribution in [-0.2, 0) is 9.59 Å². The standard InChI is InChI=1S/C33H30N4O5S/c1-21(31(39)35-25-14-12-22(13-15-25)30(34)38)43-27-18-16-26(17-19-27)36-33(41)28(20-24-10-6-7-11-29(24)42-2)37-32(40)23-8-4-3-5-9-23/h3-21H,1-2H3,(H2,34,38)(H,35,39)(H,36,41)(H,37,40)/b28-20-. The molecular weight excluding hydrogens is 564 g/mol. The molecule has 4 amide bonds. The summed E-state index contributed by atoms with van der Waals surface area (Å²) in [5, 5.41) is 7.92. The van der Waals surface area contributed by atoms with Crippen molar-refractivity contribution in [1.29, 1.82) is 0 Å². The van der Waals surface area contributed by atoms with E-state index in [1.165, 1.54) is 18.9 Å². The Morgan fingerprint density at radius 2 is 1.37 bits per heavy atom. The van der Waals surface area contributed by atoms with E-state index in [4.69, 9.17) is 10.5 Å². The zero-order valence-corrected chi connectivity index (χ0v) is 24.3. The molecule has 0 fully saturated rings. The first-order valence-electron chi connectivity index (χ1n) is 13.2. The average molecular weight is 595 g/mol. The SMILES string of the molecule is COc1ccccc1/C=C(\NC(=O)c1ccccc1)C(=O)Nc1ccc(SC(C)C(=O)Nc2ccc(C(N)=O)cc2)cc1. The summed E-state index contributed by atoms with van der Waals surface area (Å²) in [6.07, 6.45) is 1.56. The van der Waals surface area contributed by atoms with Gasteiger partial charge in [-0.05, 0) is 79.7 Å². The van der Waals surface area contributed by atoms with Crippen LogP contribution < -0.4 is 26.4 Å². The third kappa shape index (κ3) is 8.57. The maximum absolute atomic E-state index is 13.3. The highest BCUT2D eigenvalue weighted by atomic mass is 32.2. The molecule has 0 aliphatic rings. The summed E-state index contributed by atoms with van der Waals surface area (Å²) >= 11 is 1.34. The molecule has 1 unspecified atom stereocenters. The summed E-state index contributed by atoms with van der Waals surface area (Å²) in [5.41, 5.74) is 7.72. The van der Waals surface area contributed by atoms with Crippen molar-refractivity contribution in [1.82, 2.24) is 5.32 Å². The van der Waals surface area contributed by atoms with Gasteiger partial charge in [0.2, 0.25) is 11.8 Å². The highest BCUT2D eigenvalue weighted by Gasteiger charge is 2.17. The molecule has 218 valence electrons. The summed E-state index contributed by atoms with van der Waals surface area (Å²) in [4.78, 5) is 51.0. The molecule has 10 heteroatoms. The second kappa shape index (κ2) is 14.5. The number of anilines is 2. The van der Waals surface area contributed by atoms with Gasteiger partial charge in [-0.25, -0.2) is 0 Å². The van der Waals surface area contributed by atoms with Crippen LogP contribution in [-0.4, -0.2) is 36.0 Å². The van der Waals surface area contributed by atoms with Crippen LogP contribution in [0, 0.1) is 0 Å². The van der Waals surface area contributed by atoms with E-state index in [9.17, 15) is 19.2 Å². The fourth-order valence-corrected chi connectivity index (χ4v) is 4.79. The van der Waals surface area contributed by atoms with E-state index in [2.05, 4.69) is 16.0 Å². The Morgan fingerprint density at radius 3 is 2.02 bits per heavy atom. The average Bonchev–Trinajstić information content (AvgIpc) is 3.02. The van der Waals surface area contributed by atoms with Crippen LogP contribution in [0.2, 0.25) is 0 Å². The van der Waals surface area contributed by atoms with Gasteiger partial charge in [0, 0.05) is 33.0 Å². The molecule has 9 nitrogen and oxygen atoms in total. The molecule has 5 N–H and O–H groups in total. The third-order valence-electron chi connectivity index (χ3n) is 6.20. The molecule has 0 heterocycles. The topological polar surface area (TPSA) is 140 Å². The molecule has 0 spiro atoms. The number of primary amides is 1. The smallest absolute Gasteiger partial charge is 0.272 e. The second-order valence-electron chi connectivity index (χ2n) is 9.29. The van der Waals surface area contributed by atoms with E-state index < -0.39 is 23.0 Å². The third-order valence-corrected chi connectivity index (χ3v) is 7.31. The Bertz CT molecular complexity index is 1640. The van der Waals surface area contributed by atoms with E-state index in [0.29, 0.717) is 33.8 Å². The number of thioether (sulfide) groups is 1. The van der Waals surface area contributed by atoms with E-state index in [1.807, 2.05) is 6.07 Å². The number of benzene rings is 4. The summed E-state index contributed by atoms with van der Waals surface area (Å²) in [7, 11) is 1.53. The van der Waals surface area contributed by atoms with Crippen LogP contribution in [0.15, 0.2) is 114 Å². The predicted octanol–water partition coefficient (Wildman–Crippen LogP) is 5.32. The highest BCUT2D eigenvalue weighted by Crippen LogP contribution is 2.26. The fourth-order valence-electron chi connectivity index (χ4n) is 3.92. The number of nitrogens with one attached hydrogen (secondary N) is 3. The number of carbonyl (C=O) groups is 4. The number of carbonyl (C=O) groups excluding carboxylic acids is 4. The molecule has 0 bridgehead atoms. The molecule has 4 rings (SSSR count). The van der Waals surface area contributed by atoms with Gasteiger partial charge in [-0.3, -0.25) is 19.2 Å². The van der Waals surface area contributed by atoms with Crippen LogP contribution >= 0.6 is 11.8 Å². The Labute approximate surface area is 253 Å². The first-order chi connectivity index (χ1) is 20.7. The Morgan fingerprint density at radius 1 is 0.767 bits per heavy atom. The van der Waals surface area contributed by atoms with Gasteiger partial charge in [-0.15, -0.1) is 11.8 Å². The summed E-state index contributed by atoms with van der Waals surface area (Å²) in [6.45, 7) is 1.78. The minimum absolute atomic E-state index is 0.0333. The molecular formula is C33H30N4O5S. The van der Waals surface area contributed by atoms with Crippen molar-refractivity contribution in [2.24, 2.45) is 5.73 Å². The number of para-hydroxylation sites is 1. The van der Waals surface area contributed by atoms with Crippen molar-refractivity contribution in [3.05, 3.63) is 126 Å². The molecule has 0 saturated carbocycles. The lowest BCUT2D eigenvalue weighted by Crippen LogP contribution is -2.30. The quantitative estimate of drug-likeness (QED) is 0.137. The predicted molar refractivity (Wildman–Crippen MR) is 169 cm³/mol. The molecule has 0 aliphatic carbocycles. The van der Waals surface area contributed by atoms with Gasteiger partial charge in [0.1, 0.15) is 11.4 Å². The number of rotatable bonds is 11. The zero-order chi connectivity index (χ0) is 30.8. The van der Waals surface area contributed by atoms with Gasteiger partial charge in [0.25, 0.3) is 11.8 Å². The maximum Gasteiger partial charge on any atom is 0.272 e. The molecule has 4 aromatic rings. The number of amides is 4.